The van der Waals surface area contributed by atoms with Crippen molar-refractivity contribution in [2.45, 2.75) is 55.7 Å². The highest BCUT2D eigenvalue weighted by atomic mass is 35.5. The molecule has 4 atom stereocenters. The van der Waals surface area contributed by atoms with Gasteiger partial charge >= 0.3 is 0 Å². The summed E-state index contributed by atoms with van der Waals surface area (Å²) >= 11 is 7.62. The van der Waals surface area contributed by atoms with Crippen LogP contribution in [0.25, 0.3) is 10.4 Å². The normalized spacial score (nSPS) is 25.9. The van der Waals surface area contributed by atoms with Gasteiger partial charge in [-0.05, 0) is 30.9 Å². The molecule has 1 saturated carbocycles. The zero-order valence-corrected chi connectivity index (χ0v) is 19.9. The van der Waals surface area contributed by atoms with Gasteiger partial charge in [-0.15, -0.1) is 22.9 Å². The molecule has 0 radical (unpaired) electrons. The second kappa shape index (κ2) is 9.59. The summed E-state index contributed by atoms with van der Waals surface area (Å²) in [7, 11) is 0. The lowest BCUT2D eigenvalue weighted by atomic mass is 9.83. The Morgan fingerprint density at radius 1 is 1.24 bits per heavy atom. The lowest BCUT2D eigenvalue weighted by Gasteiger charge is -2.34. The number of aromatic nitrogens is 2. The molecule has 1 unspecified atom stereocenters. The zero-order valence-electron chi connectivity index (χ0n) is 18.4. The van der Waals surface area contributed by atoms with E-state index >= 15 is 0 Å². The number of aromatic amines is 1. The van der Waals surface area contributed by atoms with Crippen LogP contribution in [-0.2, 0) is 14.3 Å². The van der Waals surface area contributed by atoms with E-state index in [1.165, 1.54) is 28.5 Å². The number of nitrogens with zero attached hydrogens (tertiary/aromatic N) is 2. The molecule has 1 aliphatic carbocycles. The molecule has 4 heterocycles. The third-order valence-electron chi connectivity index (χ3n) is 6.86. The summed E-state index contributed by atoms with van der Waals surface area (Å²) in [6.45, 7) is 0.178. The van der Waals surface area contributed by atoms with E-state index in [1.807, 2.05) is 0 Å². The maximum Gasteiger partial charge on any atom is 0.264 e. The van der Waals surface area contributed by atoms with Gasteiger partial charge in [0.1, 0.15) is 24.8 Å². The summed E-state index contributed by atoms with van der Waals surface area (Å²) in [6.07, 6.45) is 5.79. The third-order valence-corrected chi connectivity index (χ3v) is 8.38. The number of H-pyrrole nitrogens is 1. The minimum Gasteiger partial charge on any atom is -0.366 e. The standard InChI is InChI=1S/C23H25ClN4O5S/c24-14-10-28(20-15(29)11-33-21(14)20)23(32)19(12-4-2-1-3-5-12)26-22(31)17-7-6-16(34-17)13-8-18(30)27-25-9-13/h6-9,12,14,19-21H,1-5,10-11H2,(H,26,31)(H,27,30)/t14-,19?,20+,21+/m0/s1. The molecule has 2 aromatic rings. The average molecular weight is 505 g/mol. The Bertz CT molecular complexity index is 1160. The van der Waals surface area contributed by atoms with E-state index in [2.05, 4.69) is 15.5 Å². The van der Waals surface area contributed by atoms with Gasteiger partial charge in [-0.1, -0.05) is 19.3 Å². The zero-order chi connectivity index (χ0) is 23.8. The number of ether oxygens (including phenoxy) is 1. The van der Waals surface area contributed by atoms with Crippen LogP contribution in [0.2, 0.25) is 0 Å². The Morgan fingerprint density at radius 3 is 2.79 bits per heavy atom. The van der Waals surface area contributed by atoms with Crippen LogP contribution in [0.15, 0.2) is 29.2 Å². The first-order valence-corrected chi connectivity index (χ1v) is 12.7. The molecule has 2 saturated heterocycles. The SMILES string of the molecule is O=C(NC(C(=O)N1C[C@H](Cl)[C@H]2OCC(=O)[C@H]21)C1CCCCC1)c1ccc(-c2cn[nH]c(=O)c2)s1. The van der Waals surface area contributed by atoms with Gasteiger partial charge in [-0.25, -0.2) is 5.10 Å². The van der Waals surface area contributed by atoms with E-state index < -0.39 is 23.6 Å². The first-order chi connectivity index (χ1) is 16.4. The number of halogens is 1. The molecular weight excluding hydrogens is 480 g/mol. The number of ketones is 1. The number of carbonyl (C=O) groups is 3. The monoisotopic (exact) mass is 504 g/mol. The van der Waals surface area contributed by atoms with Crippen LogP contribution < -0.4 is 10.9 Å². The van der Waals surface area contributed by atoms with Crippen molar-refractivity contribution in [3.05, 3.63) is 39.6 Å². The molecule has 0 spiro atoms. The molecule has 3 fully saturated rings. The Labute approximate surface area is 204 Å². The summed E-state index contributed by atoms with van der Waals surface area (Å²) in [4.78, 5) is 53.6. The molecule has 3 aliphatic rings. The van der Waals surface area contributed by atoms with Gasteiger partial charge in [0.05, 0.1) is 16.5 Å². The number of thiophene rings is 1. The van der Waals surface area contributed by atoms with Crippen LogP contribution >= 0.6 is 22.9 Å². The maximum absolute atomic E-state index is 13.7. The van der Waals surface area contributed by atoms with E-state index in [9.17, 15) is 19.2 Å². The van der Waals surface area contributed by atoms with E-state index in [0.717, 1.165) is 37.0 Å². The molecule has 9 nitrogen and oxygen atoms in total. The van der Waals surface area contributed by atoms with Crippen molar-refractivity contribution in [1.82, 2.24) is 20.4 Å². The number of likely N-dealkylation sites (tertiary alicyclic amines) is 1. The summed E-state index contributed by atoms with van der Waals surface area (Å²) < 4.78 is 5.52. The van der Waals surface area contributed by atoms with Crippen molar-refractivity contribution in [3.63, 3.8) is 0 Å². The Morgan fingerprint density at radius 2 is 2.03 bits per heavy atom. The summed E-state index contributed by atoms with van der Waals surface area (Å²) in [5, 5.41) is 8.64. The first-order valence-electron chi connectivity index (χ1n) is 11.5. The number of alkyl halides is 1. The second-order valence-corrected chi connectivity index (χ2v) is 10.7. The van der Waals surface area contributed by atoms with Crippen molar-refractivity contribution < 1.29 is 19.1 Å². The smallest absolute Gasteiger partial charge is 0.264 e. The number of carbonyl (C=O) groups excluding carboxylic acids is 3. The van der Waals surface area contributed by atoms with Crippen molar-refractivity contribution in [2.75, 3.05) is 13.2 Å². The predicted molar refractivity (Wildman–Crippen MR) is 126 cm³/mol. The Hall–Kier alpha value is -2.56. The fourth-order valence-electron chi connectivity index (χ4n) is 5.19. The predicted octanol–water partition coefficient (Wildman–Crippen LogP) is 1.96. The molecular formula is C23H25ClN4O5S. The van der Waals surface area contributed by atoms with Crippen LogP contribution in [0.1, 0.15) is 41.8 Å². The topological polar surface area (TPSA) is 121 Å². The molecule has 5 rings (SSSR count). The highest BCUT2D eigenvalue weighted by Crippen LogP contribution is 2.34. The number of amides is 2. The highest BCUT2D eigenvalue weighted by molar-refractivity contribution is 7.17. The molecule has 2 amide bonds. The fourth-order valence-corrected chi connectivity index (χ4v) is 6.44. The van der Waals surface area contributed by atoms with Gasteiger partial charge in [-0.3, -0.25) is 19.2 Å². The summed E-state index contributed by atoms with van der Waals surface area (Å²) in [6, 6.07) is 3.42. The van der Waals surface area contributed by atoms with E-state index in [4.69, 9.17) is 16.3 Å². The molecule has 0 aromatic carbocycles. The van der Waals surface area contributed by atoms with Gasteiger partial charge in [0.2, 0.25) is 5.91 Å². The van der Waals surface area contributed by atoms with Gasteiger partial charge in [0, 0.05) is 23.1 Å². The quantitative estimate of drug-likeness (QED) is 0.600. The minimum absolute atomic E-state index is 0.00763. The molecule has 0 bridgehead atoms. The van der Waals surface area contributed by atoms with Gasteiger partial charge in [-0.2, -0.15) is 5.10 Å². The van der Waals surface area contributed by atoms with Crippen molar-refractivity contribution >= 4 is 40.5 Å². The molecule has 11 heteroatoms. The minimum atomic E-state index is -0.740. The molecule has 2 aromatic heterocycles. The van der Waals surface area contributed by atoms with Crippen LogP contribution in [-0.4, -0.2) is 69.4 Å². The number of nitrogens with one attached hydrogen (secondary N) is 2. The largest absolute Gasteiger partial charge is 0.366 e. The summed E-state index contributed by atoms with van der Waals surface area (Å²) in [5.41, 5.74) is 0.288. The van der Waals surface area contributed by atoms with E-state index in [1.54, 1.807) is 12.1 Å². The van der Waals surface area contributed by atoms with Crippen molar-refractivity contribution in [1.29, 1.82) is 0 Å². The van der Waals surface area contributed by atoms with Crippen molar-refractivity contribution in [3.8, 4) is 10.4 Å². The molecule has 180 valence electrons. The van der Waals surface area contributed by atoms with Crippen LogP contribution in [0.3, 0.4) is 0 Å². The van der Waals surface area contributed by atoms with Gasteiger partial charge in [0.25, 0.3) is 11.5 Å². The van der Waals surface area contributed by atoms with Crippen molar-refractivity contribution in [2.24, 2.45) is 5.92 Å². The molecule has 2 N–H and O–H groups in total. The number of Topliss-reactive ketones (excluding diaryl/α,β-unsaturated/α-hetero) is 1. The summed E-state index contributed by atoms with van der Waals surface area (Å²) in [5.74, 6) is -0.783. The number of hydrogen-bond acceptors (Lipinski definition) is 7. The van der Waals surface area contributed by atoms with Crippen LogP contribution in [0.4, 0.5) is 0 Å². The second-order valence-electron chi connectivity index (χ2n) is 9.04. The van der Waals surface area contributed by atoms with Gasteiger partial charge < -0.3 is 15.0 Å². The third kappa shape index (κ3) is 4.42. The molecule has 2 aliphatic heterocycles. The first kappa shape index (κ1) is 23.2. The number of hydrogen-bond donors (Lipinski definition) is 2. The Kier molecular flexibility index (Phi) is 6.54. The lowest BCUT2D eigenvalue weighted by Crippen LogP contribution is -2.55. The fraction of sp³-hybridized carbons (Fsp3) is 0.522. The van der Waals surface area contributed by atoms with E-state index in [-0.39, 0.29) is 42.2 Å². The molecule has 34 heavy (non-hydrogen) atoms. The van der Waals surface area contributed by atoms with E-state index in [0.29, 0.717) is 10.4 Å². The number of fused-ring (bicyclic) bond motifs is 1. The Balaban J connectivity index is 1.37. The number of rotatable bonds is 5. The average Bonchev–Trinajstić information content (AvgIpc) is 3.56. The highest BCUT2D eigenvalue weighted by Gasteiger charge is 2.53. The van der Waals surface area contributed by atoms with Crippen LogP contribution in [0, 0.1) is 5.92 Å². The van der Waals surface area contributed by atoms with Gasteiger partial charge in [0.15, 0.2) is 5.78 Å². The maximum atomic E-state index is 13.7. The lowest BCUT2D eigenvalue weighted by molar-refractivity contribution is -0.139. The van der Waals surface area contributed by atoms with Crippen LogP contribution in [0.5, 0.6) is 0 Å².